The van der Waals surface area contributed by atoms with Crippen LogP contribution in [-0.4, -0.2) is 99.6 Å². The van der Waals surface area contributed by atoms with Crippen molar-refractivity contribution in [3.8, 4) is 0 Å². The smallest absolute Gasteiger partial charge is 0.306 e. The molecule has 0 aromatic rings. The first kappa shape index (κ1) is 81.2. The first-order chi connectivity index (χ1) is 41.7. The summed E-state index contributed by atoms with van der Waals surface area (Å²) >= 11 is 0. The Morgan fingerprint density at radius 2 is 0.776 bits per heavy atom. The van der Waals surface area contributed by atoms with Crippen LogP contribution in [0, 0.1) is 0 Å². The van der Waals surface area contributed by atoms with Crippen LogP contribution in [0.2, 0.25) is 0 Å². The summed E-state index contributed by atoms with van der Waals surface area (Å²) in [5, 5.41) is 57.3. The van der Waals surface area contributed by atoms with E-state index in [0.29, 0.717) is 19.3 Å². The summed E-state index contributed by atoms with van der Waals surface area (Å²) in [6.45, 7) is 5.86. The van der Waals surface area contributed by atoms with E-state index in [1.165, 1.54) is 270 Å². The van der Waals surface area contributed by atoms with Gasteiger partial charge in [-0.15, -0.1) is 0 Å². The van der Waals surface area contributed by atoms with Crippen molar-refractivity contribution in [2.24, 2.45) is 0 Å². The van der Waals surface area contributed by atoms with E-state index < -0.39 is 67.4 Å². The predicted molar refractivity (Wildman–Crippen MR) is 357 cm³/mol. The Bertz CT molecular complexity index is 1480. The first-order valence-corrected chi connectivity index (χ1v) is 37.1. The minimum absolute atomic E-state index is 0.131. The number of allylic oxidation sites excluding steroid dienone is 3. The molecule has 0 bridgehead atoms. The van der Waals surface area contributed by atoms with E-state index >= 15 is 0 Å². The molecule has 0 spiro atoms. The Labute approximate surface area is 524 Å². The van der Waals surface area contributed by atoms with Crippen LogP contribution in [0.3, 0.4) is 0 Å². The zero-order chi connectivity index (χ0) is 61.7. The van der Waals surface area contributed by atoms with E-state index in [2.05, 4.69) is 38.2 Å². The molecule has 1 heterocycles. The lowest BCUT2D eigenvalue weighted by molar-refractivity contribution is -0.305. The fourth-order valence-corrected chi connectivity index (χ4v) is 12.0. The fourth-order valence-electron chi connectivity index (χ4n) is 12.0. The van der Waals surface area contributed by atoms with Gasteiger partial charge >= 0.3 is 5.97 Å². The molecule has 85 heavy (non-hydrogen) atoms. The van der Waals surface area contributed by atoms with Crippen molar-refractivity contribution < 1.29 is 49.3 Å². The monoisotopic (exact) mass is 1200 g/mol. The lowest BCUT2D eigenvalue weighted by Gasteiger charge is -2.41. The summed E-state index contributed by atoms with van der Waals surface area (Å²) in [6.07, 6.45) is 65.1. The predicted octanol–water partition coefficient (Wildman–Crippen LogP) is 19.2. The number of rotatable bonds is 65. The maximum Gasteiger partial charge on any atom is 0.306 e. The van der Waals surface area contributed by atoms with Crippen LogP contribution in [0.4, 0.5) is 0 Å². The molecule has 6 N–H and O–H groups in total. The molecule has 0 saturated carbocycles. The topological polar surface area (TPSA) is 175 Å². The highest BCUT2D eigenvalue weighted by atomic mass is 16.7. The van der Waals surface area contributed by atoms with Crippen molar-refractivity contribution in [3.05, 3.63) is 24.3 Å². The summed E-state index contributed by atoms with van der Waals surface area (Å²) in [5.74, 6) is -1.17. The van der Waals surface area contributed by atoms with Gasteiger partial charge in [0.1, 0.15) is 24.4 Å². The molecule has 8 unspecified atom stereocenters. The average Bonchev–Trinajstić information content (AvgIpc) is 3.19. The molecule has 1 fully saturated rings. The standard InChI is InChI=1S/C74H141NO10/c1-4-7-10-13-16-19-22-25-27-29-31-33-35-36-38-40-43-46-49-52-55-58-61-67(78)73(82)75-65(66(77)60-57-54-51-48-45-42-24-21-18-15-12-9-6-3)64-83-74-72(71(81)70(80)68(63-76)84-74)85-69(79)62-59-56-53-50-47-44-41-39-37-34-32-30-28-26-23-20-17-14-11-8-5-2/h25,27,57,60,65-68,70-72,74,76-78,80-81H,4-24,26,28-56,58-59,61-64H2,1-3H3,(H,75,82)/b27-25+,60-57+. The van der Waals surface area contributed by atoms with Gasteiger partial charge in [0.2, 0.25) is 5.91 Å². The first-order valence-electron chi connectivity index (χ1n) is 37.1. The molecule has 1 amide bonds. The summed E-state index contributed by atoms with van der Waals surface area (Å²) < 4.78 is 17.7. The second-order valence-electron chi connectivity index (χ2n) is 26.0. The van der Waals surface area contributed by atoms with E-state index in [1.807, 2.05) is 6.08 Å². The molecule has 0 radical (unpaired) electrons. The maximum absolute atomic E-state index is 13.5. The fraction of sp³-hybridized carbons (Fsp3) is 0.919. The quantitative estimate of drug-likeness (QED) is 0.0195. The highest BCUT2D eigenvalue weighted by Crippen LogP contribution is 2.27. The van der Waals surface area contributed by atoms with Gasteiger partial charge in [-0.3, -0.25) is 9.59 Å². The van der Waals surface area contributed by atoms with Crippen LogP contribution in [0.25, 0.3) is 0 Å². The van der Waals surface area contributed by atoms with Crippen molar-refractivity contribution >= 4 is 11.9 Å². The molecule has 8 atom stereocenters. The van der Waals surface area contributed by atoms with E-state index in [0.717, 1.165) is 57.8 Å². The number of aliphatic hydroxyl groups excluding tert-OH is 5. The second-order valence-corrected chi connectivity index (χ2v) is 26.0. The summed E-state index contributed by atoms with van der Waals surface area (Å²) in [6, 6.07) is -1.02. The largest absolute Gasteiger partial charge is 0.454 e. The number of carbonyl (C=O) groups excluding carboxylic acids is 2. The molecule has 0 aromatic carbocycles. The summed E-state index contributed by atoms with van der Waals surface area (Å²) in [5.41, 5.74) is 0. The normalized spacial score (nSPS) is 18.4. The number of hydrogen-bond acceptors (Lipinski definition) is 10. The molecule has 1 saturated heterocycles. The Morgan fingerprint density at radius 3 is 1.14 bits per heavy atom. The van der Waals surface area contributed by atoms with E-state index in [1.54, 1.807) is 6.08 Å². The second kappa shape index (κ2) is 62.3. The molecular formula is C74H141NO10. The van der Waals surface area contributed by atoms with Gasteiger partial charge < -0.3 is 45.1 Å². The van der Waals surface area contributed by atoms with Crippen molar-refractivity contribution in [1.82, 2.24) is 5.32 Å². The zero-order valence-corrected chi connectivity index (χ0v) is 56.0. The molecule has 11 nitrogen and oxygen atoms in total. The number of carbonyl (C=O) groups is 2. The molecule has 0 aliphatic carbocycles. The van der Waals surface area contributed by atoms with Crippen LogP contribution in [-0.2, 0) is 23.8 Å². The highest BCUT2D eigenvalue weighted by Gasteiger charge is 2.47. The Kier molecular flexibility index (Phi) is 59.5. The summed E-state index contributed by atoms with van der Waals surface area (Å²) in [4.78, 5) is 26.7. The van der Waals surface area contributed by atoms with Gasteiger partial charge in [-0.2, -0.15) is 0 Å². The third kappa shape index (κ3) is 49.6. The number of aliphatic hydroxyl groups is 5. The summed E-state index contributed by atoms with van der Waals surface area (Å²) in [7, 11) is 0. The van der Waals surface area contributed by atoms with Crippen molar-refractivity contribution in [2.75, 3.05) is 13.2 Å². The van der Waals surface area contributed by atoms with E-state index in [-0.39, 0.29) is 13.0 Å². The number of esters is 1. The van der Waals surface area contributed by atoms with Crippen molar-refractivity contribution in [2.45, 2.75) is 423 Å². The molecule has 11 heteroatoms. The lowest BCUT2D eigenvalue weighted by atomic mass is 9.99. The van der Waals surface area contributed by atoms with Gasteiger partial charge in [-0.05, 0) is 51.4 Å². The third-order valence-electron chi connectivity index (χ3n) is 17.9. The van der Waals surface area contributed by atoms with Crippen molar-refractivity contribution in [3.63, 3.8) is 0 Å². The Morgan fingerprint density at radius 1 is 0.447 bits per heavy atom. The van der Waals surface area contributed by atoms with Crippen LogP contribution >= 0.6 is 0 Å². The molecule has 1 rings (SSSR count). The van der Waals surface area contributed by atoms with Gasteiger partial charge in [0.25, 0.3) is 0 Å². The number of hydrogen-bond donors (Lipinski definition) is 6. The maximum atomic E-state index is 13.5. The van der Waals surface area contributed by atoms with Crippen LogP contribution in [0.15, 0.2) is 24.3 Å². The minimum atomic E-state index is -1.61. The molecule has 1 aliphatic rings. The minimum Gasteiger partial charge on any atom is -0.454 e. The van der Waals surface area contributed by atoms with Crippen LogP contribution in [0.1, 0.15) is 374 Å². The Balaban J connectivity index is 2.56. The number of amides is 1. The van der Waals surface area contributed by atoms with Gasteiger partial charge in [-0.1, -0.05) is 340 Å². The van der Waals surface area contributed by atoms with Crippen LogP contribution in [0.5, 0.6) is 0 Å². The van der Waals surface area contributed by atoms with Crippen molar-refractivity contribution in [1.29, 1.82) is 0 Å². The molecule has 502 valence electrons. The SMILES string of the molecule is CCCCCCCC/C=C/CCCCCCCCCCCCCCC(O)C(=O)NC(COC1OC(CO)C(O)C(O)C1OC(=O)CCCCCCCCCCCCCCCCCCCCCCC)C(O)/C=C/CCCCCCCCCCCCC. The highest BCUT2D eigenvalue weighted by molar-refractivity contribution is 5.80. The third-order valence-corrected chi connectivity index (χ3v) is 17.9. The number of ether oxygens (including phenoxy) is 3. The average molecular weight is 1200 g/mol. The number of unbranched alkanes of at least 4 members (excludes halogenated alkanes) is 49. The molecule has 1 aliphatic heterocycles. The number of nitrogens with one attached hydrogen (secondary N) is 1. The molecule has 0 aromatic heterocycles. The van der Waals surface area contributed by atoms with Gasteiger partial charge in [0.05, 0.1) is 25.4 Å². The Hall–Kier alpha value is -1.86. The van der Waals surface area contributed by atoms with Gasteiger partial charge in [-0.25, -0.2) is 0 Å². The zero-order valence-electron chi connectivity index (χ0n) is 56.0. The van der Waals surface area contributed by atoms with Gasteiger partial charge in [0, 0.05) is 6.42 Å². The van der Waals surface area contributed by atoms with E-state index in [9.17, 15) is 35.1 Å². The van der Waals surface area contributed by atoms with Crippen LogP contribution < -0.4 is 5.32 Å². The molecular weight excluding hydrogens is 1060 g/mol. The lowest BCUT2D eigenvalue weighted by Crippen LogP contribution is -2.61. The van der Waals surface area contributed by atoms with E-state index in [4.69, 9.17) is 14.2 Å². The van der Waals surface area contributed by atoms with Gasteiger partial charge in [0.15, 0.2) is 12.4 Å².